The standard InChI is InChI=1S/C16H19N3O2S/c17-15(20)8-9-19(12-13-5-2-1-3-6-13)16(22)18-11-14-7-4-10-21-14/h1-7,10H,8-9,11-12H2,(H2,17,20)(H,18,22). The Kier molecular flexibility index (Phi) is 5.97. The molecule has 0 aliphatic rings. The minimum atomic E-state index is -0.341. The van der Waals surface area contributed by atoms with Crippen LogP contribution in [-0.2, 0) is 17.9 Å². The fourth-order valence-electron chi connectivity index (χ4n) is 1.99. The minimum absolute atomic E-state index is 0.259. The largest absolute Gasteiger partial charge is 0.467 e. The molecule has 0 radical (unpaired) electrons. The Morgan fingerprint density at radius 1 is 1.23 bits per heavy atom. The maximum Gasteiger partial charge on any atom is 0.219 e. The number of carbonyl (C=O) groups excluding carboxylic acids is 1. The highest BCUT2D eigenvalue weighted by molar-refractivity contribution is 7.80. The van der Waals surface area contributed by atoms with Crippen LogP contribution in [0, 0.1) is 0 Å². The summed E-state index contributed by atoms with van der Waals surface area (Å²) in [4.78, 5) is 13.0. The number of amides is 1. The van der Waals surface area contributed by atoms with Crippen molar-refractivity contribution in [2.75, 3.05) is 6.54 Å². The van der Waals surface area contributed by atoms with Crippen LogP contribution >= 0.6 is 12.2 Å². The van der Waals surface area contributed by atoms with Gasteiger partial charge in [0, 0.05) is 19.5 Å². The Morgan fingerprint density at radius 3 is 2.64 bits per heavy atom. The molecule has 0 aliphatic heterocycles. The van der Waals surface area contributed by atoms with Gasteiger partial charge in [-0.3, -0.25) is 4.79 Å². The average Bonchev–Trinajstić information content (AvgIpc) is 3.03. The number of hydrogen-bond donors (Lipinski definition) is 2. The highest BCUT2D eigenvalue weighted by Gasteiger charge is 2.12. The zero-order valence-electron chi connectivity index (χ0n) is 12.2. The maximum absolute atomic E-state index is 11.0. The van der Waals surface area contributed by atoms with E-state index in [1.54, 1.807) is 6.26 Å². The second kappa shape index (κ2) is 8.19. The lowest BCUT2D eigenvalue weighted by atomic mass is 10.2. The summed E-state index contributed by atoms with van der Waals surface area (Å²) in [5, 5.41) is 3.71. The van der Waals surface area contributed by atoms with Crippen molar-refractivity contribution in [1.82, 2.24) is 10.2 Å². The first-order valence-electron chi connectivity index (χ1n) is 7.02. The molecule has 0 saturated heterocycles. The van der Waals surface area contributed by atoms with E-state index >= 15 is 0 Å². The van der Waals surface area contributed by atoms with E-state index in [0.29, 0.717) is 24.7 Å². The molecule has 0 spiro atoms. The van der Waals surface area contributed by atoms with Gasteiger partial charge in [0.1, 0.15) is 5.76 Å². The van der Waals surface area contributed by atoms with Crippen molar-refractivity contribution in [2.45, 2.75) is 19.5 Å². The van der Waals surface area contributed by atoms with Crippen LogP contribution in [0.25, 0.3) is 0 Å². The van der Waals surface area contributed by atoms with E-state index in [1.165, 1.54) is 0 Å². The van der Waals surface area contributed by atoms with E-state index in [1.807, 2.05) is 47.4 Å². The molecule has 116 valence electrons. The number of nitrogens with one attached hydrogen (secondary N) is 1. The second-order valence-corrected chi connectivity index (χ2v) is 5.25. The predicted octanol–water partition coefficient (Wildman–Crippen LogP) is 2.03. The summed E-state index contributed by atoms with van der Waals surface area (Å²) in [6.07, 6.45) is 1.88. The highest BCUT2D eigenvalue weighted by atomic mass is 32.1. The van der Waals surface area contributed by atoms with Gasteiger partial charge in [-0.1, -0.05) is 30.3 Å². The van der Waals surface area contributed by atoms with Crippen LogP contribution in [0.5, 0.6) is 0 Å². The molecule has 1 aromatic carbocycles. The highest BCUT2D eigenvalue weighted by Crippen LogP contribution is 2.07. The van der Waals surface area contributed by atoms with Gasteiger partial charge < -0.3 is 20.4 Å². The Hall–Kier alpha value is -2.34. The molecule has 5 nitrogen and oxygen atoms in total. The minimum Gasteiger partial charge on any atom is -0.467 e. The number of nitrogens with zero attached hydrogens (tertiary/aromatic N) is 1. The van der Waals surface area contributed by atoms with Gasteiger partial charge in [0.2, 0.25) is 5.91 Å². The first-order valence-corrected chi connectivity index (χ1v) is 7.43. The Bertz CT molecular complexity index is 599. The van der Waals surface area contributed by atoms with Crippen LogP contribution in [0.15, 0.2) is 53.1 Å². The lowest BCUT2D eigenvalue weighted by molar-refractivity contribution is -0.118. The summed E-state index contributed by atoms with van der Waals surface area (Å²) in [5.41, 5.74) is 6.36. The zero-order valence-corrected chi connectivity index (χ0v) is 13.0. The molecule has 2 rings (SSSR count). The predicted molar refractivity (Wildman–Crippen MR) is 88.8 cm³/mol. The van der Waals surface area contributed by atoms with E-state index in [4.69, 9.17) is 22.4 Å². The number of rotatable bonds is 7. The van der Waals surface area contributed by atoms with Crippen LogP contribution < -0.4 is 11.1 Å². The molecule has 6 heteroatoms. The molecule has 1 aromatic heterocycles. The summed E-state index contributed by atoms with van der Waals surface area (Å²) in [5.74, 6) is 0.462. The maximum atomic E-state index is 11.0. The van der Waals surface area contributed by atoms with Gasteiger partial charge in [-0.15, -0.1) is 0 Å². The van der Waals surface area contributed by atoms with Crippen molar-refractivity contribution < 1.29 is 9.21 Å². The van der Waals surface area contributed by atoms with Crippen molar-refractivity contribution in [3.63, 3.8) is 0 Å². The molecule has 0 atom stereocenters. The van der Waals surface area contributed by atoms with E-state index < -0.39 is 0 Å². The van der Waals surface area contributed by atoms with Crippen molar-refractivity contribution in [3.8, 4) is 0 Å². The SMILES string of the molecule is NC(=O)CCN(Cc1ccccc1)C(=S)NCc1ccco1. The molecule has 1 heterocycles. The summed E-state index contributed by atoms with van der Waals surface area (Å²) < 4.78 is 5.27. The summed E-state index contributed by atoms with van der Waals surface area (Å²) in [6, 6.07) is 13.7. The molecule has 0 unspecified atom stereocenters. The van der Waals surface area contributed by atoms with Crippen molar-refractivity contribution in [2.24, 2.45) is 5.73 Å². The monoisotopic (exact) mass is 317 g/mol. The molecule has 22 heavy (non-hydrogen) atoms. The fraction of sp³-hybridized carbons (Fsp3) is 0.250. The Labute approximate surface area is 135 Å². The summed E-state index contributed by atoms with van der Waals surface area (Å²) in [7, 11) is 0. The van der Waals surface area contributed by atoms with Gasteiger partial charge in [0.25, 0.3) is 0 Å². The molecule has 0 saturated carbocycles. The zero-order chi connectivity index (χ0) is 15.8. The smallest absolute Gasteiger partial charge is 0.219 e. The van der Waals surface area contributed by atoms with Crippen LogP contribution in [0.3, 0.4) is 0 Å². The normalized spacial score (nSPS) is 10.2. The van der Waals surface area contributed by atoms with E-state index in [2.05, 4.69) is 5.32 Å². The number of benzene rings is 1. The first-order chi connectivity index (χ1) is 10.6. The summed E-state index contributed by atoms with van der Waals surface area (Å²) in [6.45, 7) is 1.61. The molecule has 0 fully saturated rings. The molecular formula is C16H19N3O2S. The fourth-order valence-corrected chi connectivity index (χ4v) is 2.22. The van der Waals surface area contributed by atoms with Gasteiger partial charge >= 0.3 is 0 Å². The average molecular weight is 317 g/mol. The number of carbonyl (C=O) groups is 1. The van der Waals surface area contributed by atoms with E-state index in [0.717, 1.165) is 11.3 Å². The Morgan fingerprint density at radius 2 is 2.00 bits per heavy atom. The third kappa shape index (κ3) is 5.21. The second-order valence-electron chi connectivity index (χ2n) is 4.86. The number of furan rings is 1. The Balaban J connectivity index is 1.95. The molecule has 2 aromatic rings. The molecular weight excluding hydrogens is 298 g/mol. The first kappa shape index (κ1) is 16.0. The van der Waals surface area contributed by atoms with Gasteiger partial charge in [0.05, 0.1) is 12.8 Å². The molecule has 1 amide bonds. The third-order valence-corrected chi connectivity index (χ3v) is 3.53. The van der Waals surface area contributed by atoms with Crippen LogP contribution in [-0.4, -0.2) is 22.5 Å². The number of hydrogen-bond acceptors (Lipinski definition) is 3. The van der Waals surface area contributed by atoms with Crippen molar-refractivity contribution in [3.05, 3.63) is 60.1 Å². The van der Waals surface area contributed by atoms with E-state index in [-0.39, 0.29) is 12.3 Å². The number of thiocarbonyl (C=S) groups is 1. The van der Waals surface area contributed by atoms with Gasteiger partial charge in [-0.2, -0.15) is 0 Å². The number of primary amides is 1. The lowest BCUT2D eigenvalue weighted by Gasteiger charge is -2.25. The molecule has 0 aliphatic carbocycles. The van der Waals surface area contributed by atoms with Gasteiger partial charge in [-0.05, 0) is 29.9 Å². The van der Waals surface area contributed by atoms with Gasteiger partial charge in [-0.25, -0.2) is 0 Å². The van der Waals surface area contributed by atoms with Gasteiger partial charge in [0.15, 0.2) is 5.11 Å². The van der Waals surface area contributed by atoms with Crippen LogP contribution in [0.4, 0.5) is 0 Å². The summed E-state index contributed by atoms with van der Waals surface area (Å²) >= 11 is 5.42. The molecule has 0 bridgehead atoms. The lowest BCUT2D eigenvalue weighted by Crippen LogP contribution is -2.40. The third-order valence-electron chi connectivity index (χ3n) is 3.13. The van der Waals surface area contributed by atoms with Crippen molar-refractivity contribution >= 4 is 23.2 Å². The van der Waals surface area contributed by atoms with Crippen molar-refractivity contribution in [1.29, 1.82) is 0 Å². The van der Waals surface area contributed by atoms with E-state index in [9.17, 15) is 4.79 Å². The van der Waals surface area contributed by atoms with Crippen LogP contribution in [0.1, 0.15) is 17.7 Å². The quantitative estimate of drug-likeness (QED) is 0.765. The number of nitrogens with two attached hydrogens (primary N) is 1. The van der Waals surface area contributed by atoms with Crippen LogP contribution in [0.2, 0.25) is 0 Å². The topological polar surface area (TPSA) is 71.5 Å². The molecule has 3 N–H and O–H groups in total.